The Bertz CT molecular complexity index is 996. The summed E-state index contributed by atoms with van der Waals surface area (Å²) in [5.41, 5.74) is 13.2. The highest BCUT2D eigenvalue weighted by Crippen LogP contribution is 2.32. The Kier molecular flexibility index (Phi) is 4.79. The van der Waals surface area contributed by atoms with E-state index in [1.807, 2.05) is 24.3 Å². The molecule has 3 aromatic rings. The third kappa shape index (κ3) is 3.73. The molecule has 9 heteroatoms. The van der Waals surface area contributed by atoms with Gasteiger partial charge >= 0.3 is 0 Å². The summed E-state index contributed by atoms with van der Waals surface area (Å²) in [7, 11) is 0. The lowest BCUT2D eigenvalue weighted by molar-refractivity contribution is 0.0962. The van der Waals surface area contributed by atoms with Crippen LogP contribution in [0.1, 0.15) is 15.9 Å². The maximum Gasteiger partial charge on any atom is 0.269 e. The van der Waals surface area contributed by atoms with Crippen molar-refractivity contribution in [3.05, 3.63) is 66.0 Å². The van der Waals surface area contributed by atoms with Gasteiger partial charge in [0.25, 0.3) is 5.91 Å². The van der Waals surface area contributed by atoms with Gasteiger partial charge in [-0.2, -0.15) is 0 Å². The molecule has 1 aliphatic heterocycles. The highest BCUT2D eigenvalue weighted by molar-refractivity contribution is 5.95. The van der Waals surface area contributed by atoms with E-state index in [0.29, 0.717) is 29.5 Å². The number of carbonyl (C=O) groups is 1. The molecule has 2 heterocycles. The maximum absolute atomic E-state index is 12.1. The summed E-state index contributed by atoms with van der Waals surface area (Å²) in [6.07, 6.45) is 1.36. The number of hydrogen-bond donors (Lipinski definition) is 4. The van der Waals surface area contributed by atoms with Crippen molar-refractivity contribution in [2.24, 2.45) is 0 Å². The number of nitrogen functional groups attached to an aromatic ring is 1. The summed E-state index contributed by atoms with van der Waals surface area (Å²) < 4.78 is 10.7. The topological polar surface area (TPSA) is 123 Å². The number of rotatable bonds is 6. The van der Waals surface area contributed by atoms with E-state index in [2.05, 4.69) is 26.1 Å². The number of hydrogen-bond acceptors (Lipinski definition) is 8. The number of amides is 1. The van der Waals surface area contributed by atoms with E-state index in [-0.39, 0.29) is 18.4 Å². The quantitative estimate of drug-likeness (QED) is 0.481. The molecule has 28 heavy (non-hydrogen) atoms. The summed E-state index contributed by atoms with van der Waals surface area (Å²) in [6, 6.07) is 14.5. The number of nitrogens with zero attached hydrogens (tertiary/aromatic N) is 2. The number of fused-ring (bicyclic) bond motifs is 1. The molecule has 0 aliphatic carbocycles. The van der Waals surface area contributed by atoms with E-state index in [1.165, 1.54) is 6.33 Å². The van der Waals surface area contributed by atoms with E-state index in [1.54, 1.807) is 24.3 Å². The minimum atomic E-state index is -0.298. The first kappa shape index (κ1) is 17.4. The van der Waals surface area contributed by atoms with Gasteiger partial charge < -0.3 is 20.5 Å². The average molecular weight is 378 g/mol. The highest BCUT2D eigenvalue weighted by atomic mass is 16.7. The third-order valence-electron chi connectivity index (χ3n) is 4.11. The van der Waals surface area contributed by atoms with Crippen LogP contribution >= 0.6 is 0 Å². The molecule has 0 saturated carbocycles. The molecule has 0 radical (unpaired) electrons. The van der Waals surface area contributed by atoms with Crippen LogP contribution in [0.3, 0.4) is 0 Å². The molecule has 0 spiro atoms. The second-order valence-corrected chi connectivity index (χ2v) is 5.97. The van der Waals surface area contributed by atoms with Gasteiger partial charge in [0, 0.05) is 12.1 Å². The van der Waals surface area contributed by atoms with Crippen molar-refractivity contribution in [1.82, 2.24) is 15.4 Å². The van der Waals surface area contributed by atoms with Gasteiger partial charge in [-0.1, -0.05) is 24.3 Å². The Balaban J connectivity index is 1.40. The van der Waals surface area contributed by atoms with Crippen LogP contribution in [-0.2, 0) is 6.54 Å². The molecule has 1 aromatic heterocycles. The number of nitrogens with one attached hydrogen (secondary N) is 3. The van der Waals surface area contributed by atoms with Crippen molar-refractivity contribution in [1.29, 1.82) is 0 Å². The maximum atomic E-state index is 12.1. The molecule has 2 aromatic carbocycles. The number of nitrogens with two attached hydrogens (primary N) is 1. The zero-order chi connectivity index (χ0) is 19.3. The normalized spacial score (nSPS) is 11.7. The average Bonchev–Trinajstić information content (AvgIpc) is 3.20. The van der Waals surface area contributed by atoms with E-state index in [0.717, 1.165) is 11.3 Å². The fourth-order valence-electron chi connectivity index (χ4n) is 2.65. The van der Waals surface area contributed by atoms with Crippen LogP contribution in [-0.4, -0.2) is 22.7 Å². The largest absolute Gasteiger partial charge is 0.454 e. The Morgan fingerprint density at radius 1 is 1.04 bits per heavy atom. The minimum absolute atomic E-state index is 0.231. The summed E-state index contributed by atoms with van der Waals surface area (Å²) >= 11 is 0. The standard InChI is InChI=1S/C19H18N6O3/c20-16-17(21-9-12-6-7-14-15(8-12)28-11-27-14)22-10-23-18(16)24-25-19(26)13-4-2-1-3-5-13/h1-8,10H,9,11,20H2,(H,25,26)(H2,21,22,23,24). The van der Waals surface area contributed by atoms with Crippen LogP contribution in [0, 0.1) is 0 Å². The van der Waals surface area contributed by atoms with Crippen molar-refractivity contribution >= 4 is 23.2 Å². The molecule has 0 unspecified atom stereocenters. The van der Waals surface area contributed by atoms with E-state index in [4.69, 9.17) is 15.2 Å². The van der Waals surface area contributed by atoms with Crippen molar-refractivity contribution in [2.45, 2.75) is 6.54 Å². The molecule has 0 bridgehead atoms. The number of anilines is 3. The van der Waals surface area contributed by atoms with Gasteiger partial charge in [0.15, 0.2) is 23.1 Å². The SMILES string of the molecule is Nc1c(NCc2ccc3c(c2)OCO3)ncnc1NNC(=O)c1ccccc1. The molecule has 142 valence electrons. The van der Waals surface area contributed by atoms with Gasteiger partial charge in [-0.3, -0.25) is 15.6 Å². The molecule has 9 nitrogen and oxygen atoms in total. The van der Waals surface area contributed by atoms with Gasteiger partial charge in [0.2, 0.25) is 6.79 Å². The fraction of sp³-hybridized carbons (Fsp3) is 0.105. The van der Waals surface area contributed by atoms with Crippen molar-refractivity contribution in [2.75, 3.05) is 23.3 Å². The van der Waals surface area contributed by atoms with E-state index >= 15 is 0 Å². The summed E-state index contributed by atoms with van der Waals surface area (Å²) in [5, 5.41) is 3.15. The molecule has 1 aliphatic rings. The van der Waals surface area contributed by atoms with Crippen molar-refractivity contribution in [3.8, 4) is 11.5 Å². The van der Waals surface area contributed by atoms with Crippen molar-refractivity contribution in [3.63, 3.8) is 0 Å². The van der Waals surface area contributed by atoms with Gasteiger partial charge in [0.1, 0.15) is 12.0 Å². The fourth-order valence-corrected chi connectivity index (χ4v) is 2.65. The van der Waals surface area contributed by atoms with Gasteiger partial charge in [-0.05, 0) is 29.8 Å². The van der Waals surface area contributed by atoms with Crippen LogP contribution in [0.25, 0.3) is 0 Å². The molecular weight excluding hydrogens is 360 g/mol. The molecular formula is C19H18N6O3. The lowest BCUT2D eigenvalue weighted by Crippen LogP contribution is -2.30. The third-order valence-corrected chi connectivity index (χ3v) is 4.11. The number of aromatic nitrogens is 2. The zero-order valence-corrected chi connectivity index (χ0v) is 14.8. The first-order valence-electron chi connectivity index (χ1n) is 8.55. The van der Waals surface area contributed by atoms with Crippen LogP contribution in [0.15, 0.2) is 54.9 Å². The number of benzene rings is 2. The van der Waals surface area contributed by atoms with Crippen LogP contribution in [0.4, 0.5) is 17.3 Å². The van der Waals surface area contributed by atoms with Gasteiger partial charge in [-0.25, -0.2) is 9.97 Å². The Morgan fingerprint density at radius 2 is 1.82 bits per heavy atom. The lowest BCUT2D eigenvalue weighted by atomic mass is 10.2. The first-order chi connectivity index (χ1) is 13.7. The predicted molar refractivity (Wildman–Crippen MR) is 104 cm³/mol. The summed E-state index contributed by atoms with van der Waals surface area (Å²) in [5.74, 6) is 1.89. The van der Waals surface area contributed by atoms with Crippen LogP contribution in [0.2, 0.25) is 0 Å². The van der Waals surface area contributed by atoms with Crippen molar-refractivity contribution < 1.29 is 14.3 Å². The highest BCUT2D eigenvalue weighted by Gasteiger charge is 2.14. The van der Waals surface area contributed by atoms with Gasteiger partial charge in [0.05, 0.1) is 0 Å². The number of ether oxygens (including phenoxy) is 2. The molecule has 4 rings (SSSR count). The van der Waals surface area contributed by atoms with Crippen LogP contribution in [0.5, 0.6) is 11.5 Å². The minimum Gasteiger partial charge on any atom is -0.454 e. The van der Waals surface area contributed by atoms with E-state index in [9.17, 15) is 4.79 Å². The summed E-state index contributed by atoms with van der Waals surface area (Å²) in [6.45, 7) is 0.711. The molecule has 0 fully saturated rings. The molecule has 1 amide bonds. The lowest BCUT2D eigenvalue weighted by Gasteiger charge is -2.13. The summed E-state index contributed by atoms with van der Waals surface area (Å²) in [4.78, 5) is 20.3. The molecule has 0 atom stereocenters. The second kappa shape index (κ2) is 7.70. The van der Waals surface area contributed by atoms with E-state index < -0.39 is 0 Å². The Hall–Kier alpha value is -4.01. The number of carbonyl (C=O) groups excluding carboxylic acids is 1. The smallest absolute Gasteiger partial charge is 0.269 e. The Morgan fingerprint density at radius 3 is 2.68 bits per heavy atom. The predicted octanol–water partition coefficient (Wildman–Crippen LogP) is 2.16. The zero-order valence-electron chi connectivity index (χ0n) is 14.8. The Labute approximate surface area is 160 Å². The number of hydrazine groups is 1. The molecule has 5 N–H and O–H groups in total. The van der Waals surface area contributed by atoms with Gasteiger partial charge in [-0.15, -0.1) is 0 Å². The second-order valence-electron chi connectivity index (χ2n) is 5.97. The first-order valence-corrected chi connectivity index (χ1v) is 8.55. The van der Waals surface area contributed by atoms with Crippen LogP contribution < -0.4 is 31.4 Å². The monoisotopic (exact) mass is 378 g/mol. The molecule has 0 saturated heterocycles.